The van der Waals surface area contributed by atoms with E-state index in [1.807, 2.05) is 36.6 Å². The van der Waals surface area contributed by atoms with Gasteiger partial charge in [0.2, 0.25) is 11.8 Å². The van der Waals surface area contributed by atoms with Crippen molar-refractivity contribution in [1.29, 1.82) is 0 Å². The Morgan fingerprint density at radius 2 is 1.77 bits per heavy atom. The van der Waals surface area contributed by atoms with Gasteiger partial charge in [0.25, 0.3) is 0 Å². The van der Waals surface area contributed by atoms with Crippen molar-refractivity contribution >= 4 is 56.6 Å². The molecule has 2 aromatic carbocycles. The molecule has 0 atom stereocenters. The summed E-state index contributed by atoms with van der Waals surface area (Å²) < 4.78 is 12.9. The Hall–Kier alpha value is -3.17. The first-order chi connectivity index (χ1) is 15.0. The van der Waals surface area contributed by atoms with E-state index in [-0.39, 0.29) is 29.1 Å². The Morgan fingerprint density at radius 3 is 2.55 bits per heavy atom. The molecule has 2 heterocycles. The van der Waals surface area contributed by atoms with E-state index < -0.39 is 0 Å². The van der Waals surface area contributed by atoms with E-state index in [1.54, 1.807) is 0 Å². The summed E-state index contributed by atoms with van der Waals surface area (Å²) >= 11 is 2.55. The third-order valence-electron chi connectivity index (χ3n) is 4.49. The number of fused-ring (bicyclic) bond motifs is 1. The number of thiazole rings is 1. The fourth-order valence-corrected chi connectivity index (χ4v) is 4.51. The number of carbonyl (C=O) groups is 2. The second-order valence-corrected chi connectivity index (χ2v) is 8.65. The first kappa shape index (κ1) is 21.1. The summed E-state index contributed by atoms with van der Waals surface area (Å²) in [6.07, 6.45) is 0. The van der Waals surface area contributed by atoms with Gasteiger partial charge in [-0.05, 0) is 37.3 Å². The van der Waals surface area contributed by atoms with Gasteiger partial charge in [-0.1, -0.05) is 18.2 Å². The van der Waals surface area contributed by atoms with Crippen LogP contribution in [0.1, 0.15) is 5.69 Å². The summed E-state index contributed by atoms with van der Waals surface area (Å²) in [4.78, 5) is 32.1. The SMILES string of the molecule is Cc1[nH]c2ccccc2c1-c1csc(NC(=O)CSCC(=O)Nc2ccc(F)cc2)n1. The zero-order valence-corrected chi connectivity index (χ0v) is 18.2. The second-order valence-electron chi connectivity index (χ2n) is 6.80. The standard InChI is InChI=1S/C22H19FN4O2S2/c1-13-21(16-4-2-3-5-17(16)24-13)18-10-31-22(26-18)27-20(29)12-30-11-19(28)25-15-8-6-14(23)7-9-15/h2-10,24H,11-12H2,1H3,(H,25,28)(H,26,27,29). The smallest absolute Gasteiger partial charge is 0.236 e. The quantitative estimate of drug-likeness (QED) is 0.365. The largest absolute Gasteiger partial charge is 0.358 e. The van der Waals surface area contributed by atoms with Gasteiger partial charge in [0.1, 0.15) is 5.82 Å². The van der Waals surface area contributed by atoms with Crippen LogP contribution < -0.4 is 10.6 Å². The monoisotopic (exact) mass is 454 g/mol. The number of aryl methyl sites for hydroxylation is 1. The average molecular weight is 455 g/mol. The van der Waals surface area contributed by atoms with E-state index in [0.717, 1.165) is 27.9 Å². The molecule has 6 nitrogen and oxygen atoms in total. The molecule has 2 amide bonds. The molecule has 0 saturated carbocycles. The first-order valence-electron chi connectivity index (χ1n) is 9.46. The van der Waals surface area contributed by atoms with Gasteiger partial charge < -0.3 is 15.6 Å². The summed E-state index contributed by atoms with van der Waals surface area (Å²) in [5.74, 6) is -0.610. The van der Waals surface area contributed by atoms with Crippen molar-refractivity contribution in [2.45, 2.75) is 6.92 Å². The molecule has 158 valence electrons. The number of thioether (sulfide) groups is 1. The maximum Gasteiger partial charge on any atom is 0.236 e. The van der Waals surface area contributed by atoms with E-state index in [2.05, 4.69) is 20.6 Å². The summed E-state index contributed by atoms with van der Waals surface area (Å²) in [7, 11) is 0. The van der Waals surface area contributed by atoms with E-state index in [1.165, 1.54) is 47.4 Å². The van der Waals surface area contributed by atoms with Gasteiger partial charge >= 0.3 is 0 Å². The maximum atomic E-state index is 12.9. The highest BCUT2D eigenvalue weighted by Gasteiger charge is 2.15. The lowest BCUT2D eigenvalue weighted by atomic mass is 10.1. The molecule has 0 fully saturated rings. The molecule has 3 N–H and O–H groups in total. The molecular weight excluding hydrogens is 435 g/mol. The number of H-pyrrole nitrogens is 1. The minimum absolute atomic E-state index is 0.114. The number of para-hydroxylation sites is 1. The predicted molar refractivity (Wildman–Crippen MR) is 125 cm³/mol. The lowest BCUT2D eigenvalue weighted by molar-refractivity contribution is -0.114. The number of rotatable bonds is 7. The zero-order chi connectivity index (χ0) is 21.8. The van der Waals surface area contributed by atoms with Crippen LogP contribution in [0.3, 0.4) is 0 Å². The van der Waals surface area contributed by atoms with Gasteiger partial charge in [0.15, 0.2) is 5.13 Å². The third-order valence-corrected chi connectivity index (χ3v) is 6.18. The normalized spacial score (nSPS) is 10.9. The van der Waals surface area contributed by atoms with Gasteiger partial charge in [-0.15, -0.1) is 23.1 Å². The predicted octanol–water partition coefficient (Wildman–Crippen LogP) is 5.05. The topological polar surface area (TPSA) is 86.9 Å². The van der Waals surface area contributed by atoms with Crippen LogP contribution in [-0.4, -0.2) is 33.3 Å². The van der Waals surface area contributed by atoms with Crippen LogP contribution in [0.25, 0.3) is 22.2 Å². The number of aromatic nitrogens is 2. The van der Waals surface area contributed by atoms with E-state index >= 15 is 0 Å². The van der Waals surface area contributed by atoms with Crippen LogP contribution in [0.5, 0.6) is 0 Å². The molecule has 31 heavy (non-hydrogen) atoms. The van der Waals surface area contributed by atoms with Crippen molar-refractivity contribution in [1.82, 2.24) is 9.97 Å². The lowest BCUT2D eigenvalue weighted by Gasteiger charge is -2.05. The molecular formula is C22H19FN4O2S2. The Labute approximate surface area is 186 Å². The van der Waals surface area contributed by atoms with Crippen LogP contribution in [-0.2, 0) is 9.59 Å². The van der Waals surface area contributed by atoms with Crippen molar-refractivity contribution < 1.29 is 14.0 Å². The van der Waals surface area contributed by atoms with Gasteiger partial charge in [0, 0.05) is 33.2 Å². The van der Waals surface area contributed by atoms with Gasteiger partial charge in [0.05, 0.1) is 17.2 Å². The van der Waals surface area contributed by atoms with E-state index in [0.29, 0.717) is 10.8 Å². The number of halogens is 1. The number of nitrogens with zero attached hydrogens (tertiary/aromatic N) is 1. The number of amides is 2. The number of nitrogens with one attached hydrogen (secondary N) is 3. The third kappa shape index (κ3) is 5.12. The zero-order valence-electron chi connectivity index (χ0n) is 16.6. The molecule has 0 aliphatic rings. The van der Waals surface area contributed by atoms with Crippen molar-refractivity contribution in [2.75, 3.05) is 22.1 Å². The van der Waals surface area contributed by atoms with Crippen molar-refractivity contribution in [3.63, 3.8) is 0 Å². The van der Waals surface area contributed by atoms with Crippen LogP contribution in [0, 0.1) is 12.7 Å². The Balaban J connectivity index is 1.29. The fourth-order valence-electron chi connectivity index (χ4n) is 3.17. The van der Waals surface area contributed by atoms with Gasteiger partial charge in [-0.25, -0.2) is 9.37 Å². The molecule has 0 bridgehead atoms. The van der Waals surface area contributed by atoms with Gasteiger partial charge in [-0.2, -0.15) is 0 Å². The number of hydrogen-bond acceptors (Lipinski definition) is 5. The van der Waals surface area contributed by atoms with E-state index in [4.69, 9.17) is 0 Å². The molecule has 0 radical (unpaired) electrons. The molecule has 2 aromatic heterocycles. The summed E-state index contributed by atoms with van der Waals surface area (Å²) in [5, 5.41) is 8.97. The van der Waals surface area contributed by atoms with Crippen molar-refractivity contribution in [3.8, 4) is 11.3 Å². The Morgan fingerprint density at radius 1 is 1.06 bits per heavy atom. The fraction of sp³-hybridized carbons (Fsp3) is 0.136. The number of aromatic amines is 1. The van der Waals surface area contributed by atoms with Crippen LogP contribution in [0.15, 0.2) is 53.9 Å². The molecule has 9 heteroatoms. The highest BCUT2D eigenvalue weighted by atomic mass is 32.2. The summed E-state index contributed by atoms with van der Waals surface area (Å²) in [6, 6.07) is 13.5. The molecule has 0 saturated heterocycles. The lowest BCUT2D eigenvalue weighted by Crippen LogP contribution is -2.18. The molecule has 0 spiro atoms. The molecule has 4 aromatic rings. The number of carbonyl (C=O) groups excluding carboxylic acids is 2. The second kappa shape index (κ2) is 9.32. The maximum absolute atomic E-state index is 12.9. The number of benzene rings is 2. The first-order valence-corrected chi connectivity index (χ1v) is 11.5. The van der Waals surface area contributed by atoms with Crippen LogP contribution in [0.4, 0.5) is 15.2 Å². The highest BCUT2D eigenvalue weighted by Crippen LogP contribution is 2.33. The van der Waals surface area contributed by atoms with Crippen LogP contribution >= 0.6 is 23.1 Å². The highest BCUT2D eigenvalue weighted by molar-refractivity contribution is 8.00. The number of hydrogen-bond donors (Lipinski definition) is 3. The molecule has 4 rings (SSSR count). The Bertz CT molecular complexity index is 1230. The summed E-state index contributed by atoms with van der Waals surface area (Å²) in [5.41, 5.74) is 4.41. The minimum Gasteiger partial charge on any atom is -0.358 e. The molecule has 0 unspecified atom stereocenters. The average Bonchev–Trinajstić information content (AvgIpc) is 3.32. The van der Waals surface area contributed by atoms with E-state index in [9.17, 15) is 14.0 Å². The Kier molecular flexibility index (Phi) is 6.34. The number of anilines is 2. The molecule has 0 aliphatic heterocycles. The van der Waals surface area contributed by atoms with Gasteiger partial charge in [-0.3, -0.25) is 9.59 Å². The summed E-state index contributed by atoms with van der Waals surface area (Å²) in [6.45, 7) is 2.00. The van der Waals surface area contributed by atoms with Crippen LogP contribution in [0.2, 0.25) is 0 Å². The van der Waals surface area contributed by atoms with Crippen molar-refractivity contribution in [2.24, 2.45) is 0 Å². The minimum atomic E-state index is -0.366. The molecule has 0 aliphatic carbocycles. The van der Waals surface area contributed by atoms with Crippen molar-refractivity contribution in [3.05, 3.63) is 65.4 Å².